The van der Waals surface area contributed by atoms with E-state index in [4.69, 9.17) is 5.73 Å². The summed E-state index contributed by atoms with van der Waals surface area (Å²) in [6.07, 6.45) is 2.66. The van der Waals surface area contributed by atoms with Gasteiger partial charge in [0.05, 0.1) is 12.7 Å². The number of hydrogen-bond acceptors (Lipinski definition) is 4. The average molecular weight is 276 g/mol. The van der Waals surface area contributed by atoms with Crippen LogP contribution in [-0.4, -0.2) is 25.0 Å². The smallest absolute Gasteiger partial charge is 0.337 e. The molecule has 3 N–H and O–H groups in total. The van der Waals surface area contributed by atoms with Gasteiger partial charge in [0.15, 0.2) is 0 Å². The van der Waals surface area contributed by atoms with E-state index in [0.29, 0.717) is 24.4 Å². The van der Waals surface area contributed by atoms with Crippen LogP contribution in [-0.2, 0) is 16.1 Å². The third-order valence-electron chi connectivity index (χ3n) is 3.51. The SMILES string of the molecule is COC(=O)c1ccc(CNC(=O)CC(N)C2CC2)cc1. The Hall–Kier alpha value is -1.88. The molecule has 0 aliphatic heterocycles. The minimum Gasteiger partial charge on any atom is -0.465 e. The number of methoxy groups -OCH3 is 1. The van der Waals surface area contributed by atoms with Crippen molar-refractivity contribution in [3.8, 4) is 0 Å². The summed E-state index contributed by atoms with van der Waals surface area (Å²) < 4.78 is 4.62. The summed E-state index contributed by atoms with van der Waals surface area (Å²) in [7, 11) is 1.35. The molecule has 1 aliphatic rings. The predicted octanol–water partition coefficient (Wildman–Crippen LogP) is 1.22. The van der Waals surface area contributed by atoms with Crippen molar-refractivity contribution in [1.82, 2.24) is 5.32 Å². The molecule has 1 aromatic rings. The highest BCUT2D eigenvalue weighted by atomic mass is 16.5. The Morgan fingerprint density at radius 1 is 1.35 bits per heavy atom. The molecule has 0 heterocycles. The van der Waals surface area contributed by atoms with E-state index in [0.717, 1.165) is 18.4 Å². The van der Waals surface area contributed by atoms with E-state index in [-0.39, 0.29) is 17.9 Å². The topological polar surface area (TPSA) is 81.4 Å². The first kappa shape index (κ1) is 14.5. The third kappa shape index (κ3) is 4.06. The van der Waals surface area contributed by atoms with Crippen molar-refractivity contribution in [1.29, 1.82) is 0 Å². The molecule has 0 bridgehead atoms. The van der Waals surface area contributed by atoms with Crippen LogP contribution in [0, 0.1) is 5.92 Å². The van der Waals surface area contributed by atoms with Crippen molar-refractivity contribution in [3.05, 3.63) is 35.4 Å². The van der Waals surface area contributed by atoms with Crippen LogP contribution in [0.5, 0.6) is 0 Å². The number of carbonyl (C=O) groups is 2. The lowest BCUT2D eigenvalue weighted by molar-refractivity contribution is -0.121. The average Bonchev–Trinajstić information content (AvgIpc) is 3.29. The number of carbonyl (C=O) groups excluding carboxylic acids is 2. The monoisotopic (exact) mass is 276 g/mol. The lowest BCUT2D eigenvalue weighted by atomic mass is 10.1. The molecule has 1 aliphatic carbocycles. The van der Waals surface area contributed by atoms with Gasteiger partial charge in [-0.1, -0.05) is 12.1 Å². The second-order valence-electron chi connectivity index (χ2n) is 5.17. The lowest BCUT2D eigenvalue weighted by Crippen LogP contribution is -2.32. The Bertz CT molecular complexity index is 480. The number of hydrogen-bond donors (Lipinski definition) is 2. The zero-order valence-corrected chi connectivity index (χ0v) is 11.6. The molecule has 5 nitrogen and oxygen atoms in total. The van der Waals surface area contributed by atoms with Gasteiger partial charge in [0.2, 0.25) is 5.91 Å². The first-order chi connectivity index (χ1) is 9.60. The first-order valence-electron chi connectivity index (χ1n) is 6.79. The van der Waals surface area contributed by atoms with Crippen LogP contribution in [0.4, 0.5) is 0 Å². The molecular formula is C15H20N2O3. The van der Waals surface area contributed by atoms with Crippen LogP contribution in [0.15, 0.2) is 24.3 Å². The molecule has 1 fully saturated rings. The molecule has 1 aromatic carbocycles. The zero-order chi connectivity index (χ0) is 14.5. The van der Waals surface area contributed by atoms with Crippen LogP contribution >= 0.6 is 0 Å². The van der Waals surface area contributed by atoms with Crippen LogP contribution in [0.3, 0.4) is 0 Å². The summed E-state index contributed by atoms with van der Waals surface area (Å²) in [5.74, 6) is 0.137. The van der Waals surface area contributed by atoms with E-state index in [1.54, 1.807) is 24.3 Å². The number of nitrogens with two attached hydrogens (primary N) is 1. The van der Waals surface area contributed by atoms with Gasteiger partial charge in [-0.2, -0.15) is 0 Å². The normalized spacial score (nSPS) is 15.5. The van der Waals surface area contributed by atoms with Gasteiger partial charge in [0.1, 0.15) is 0 Å². The highest BCUT2D eigenvalue weighted by molar-refractivity contribution is 5.89. The zero-order valence-electron chi connectivity index (χ0n) is 11.6. The summed E-state index contributed by atoms with van der Waals surface area (Å²) >= 11 is 0. The van der Waals surface area contributed by atoms with E-state index < -0.39 is 0 Å². The van der Waals surface area contributed by atoms with Crippen molar-refractivity contribution in [2.24, 2.45) is 11.7 Å². The van der Waals surface area contributed by atoms with E-state index in [1.807, 2.05) is 0 Å². The van der Waals surface area contributed by atoms with Crippen molar-refractivity contribution >= 4 is 11.9 Å². The summed E-state index contributed by atoms with van der Waals surface area (Å²) in [5, 5.41) is 2.84. The van der Waals surface area contributed by atoms with Crippen LogP contribution < -0.4 is 11.1 Å². The number of ether oxygens (including phenoxy) is 1. The molecule has 2 rings (SSSR count). The van der Waals surface area contributed by atoms with Crippen LogP contribution in [0.25, 0.3) is 0 Å². The molecule has 1 atom stereocenters. The fraction of sp³-hybridized carbons (Fsp3) is 0.467. The molecule has 0 saturated heterocycles. The van der Waals surface area contributed by atoms with Gasteiger partial charge < -0.3 is 15.8 Å². The molecule has 1 unspecified atom stereocenters. The first-order valence-corrected chi connectivity index (χ1v) is 6.79. The summed E-state index contributed by atoms with van der Waals surface area (Å²) in [6.45, 7) is 0.442. The number of rotatable bonds is 6. The molecule has 0 aromatic heterocycles. The Morgan fingerprint density at radius 3 is 2.55 bits per heavy atom. The minimum atomic E-state index is -0.365. The fourth-order valence-corrected chi connectivity index (χ4v) is 2.05. The molecule has 1 amide bonds. The Kier molecular flexibility index (Phi) is 4.74. The Morgan fingerprint density at radius 2 is 2.00 bits per heavy atom. The maximum atomic E-state index is 11.7. The second kappa shape index (κ2) is 6.52. The minimum absolute atomic E-state index is 0.0169. The van der Waals surface area contributed by atoms with Crippen LogP contribution in [0.2, 0.25) is 0 Å². The van der Waals surface area contributed by atoms with Crippen LogP contribution in [0.1, 0.15) is 35.2 Å². The highest BCUT2D eigenvalue weighted by Crippen LogP contribution is 2.32. The van der Waals surface area contributed by atoms with Crippen molar-refractivity contribution in [3.63, 3.8) is 0 Å². The van der Waals surface area contributed by atoms with Gasteiger partial charge in [0.25, 0.3) is 0 Å². The number of amides is 1. The molecule has 1 saturated carbocycles. The van der Waals surface area contributed by atoms with E-state index in [9.17, 15) is 9.59 Å². The van der Waals surface area contributed by atoms with Crippen molar-refractivity contribution in [2.75, 3.05) is 7.11 Å². The van der Waals surface area contributed by atoms with Gasteiger partial charge in [-0.25, -0.2) is 4.79 Å². The molecule has 0 spiro atoms. The standard InChI is InChI=1S/C15H20N2O3/c1-20-15(19)12-4-2-10(3-5-12)9-17-14(18)8-13(16)11-6-7-11/h2-5,11,13H,6-9,16H2,1H3,(H,17,18). The molecule has 108 valence electrons. The van der Waals surface area contributed by atoms with Gasteiger partial charge in [-0.15, -0.1) is 0 Å². The largest absolute Gasteiger partial charge is 0.465 e. The van der Waals surface area contributed by atoms with E-state index >= 15 is 0 Å². The maximum absolute atomic E-state index is 11.7. The predicted molar refractivity (Wildman–Crippen MR) is 74.9 cm³/mol. The van der Waals surface area contributed by atoms with Crippen molar-refractivity contribution in [2.45, 2.75) is 31.8 Å². The molecule has 20 heavy (non-hydrogen) atoms. The third-order valence-corrected chi connectivity index (χ3v) is 3.51. The summed E-state index contributed by atoms with van der Waals surface area (Å²) in [4.78, 5) is 23.0. The molecule has 5 heteroatoms. The van der Waals surface area contributed by atoms with Gasteiger partial charge in [-0.3, -0.25) is 4.79 Å². The van der Waals surface area contributed by atoms with E-state index in [2.05, 4.69) is 10.1 Å². The van der Waals surface area contributed by atoms with Gasteiger partial charge in [-0.05, 0) is 36.5 Å². The molecule has 0 radical (unpaired) electrons. The highest BCUT2D eigenvalue weighted by Gasteiger charge is 2.29. The van der Waals surface area contributed by atoms with Gasteiger partial charge in [0, 0.05) is 19.0 Å². The summed E-state index contributed by atoms with van der Waals surface area (Å²) in [6, 6.07) is 6.95. The van der Waals surface area contributed by atoms with Crippen molar-refractivity contribution < 1.29 is 14.3 Å². The quantitative estimate of drug-likeness (QED) is 0.765. The van der Waals surface area contributed by atoms with E-state index in [1.165, 1.54) is 7.11 Å². The Labute approximate surface area is 118 Å². The maximum Gasteiger partial charge on any atom is 0.337 e. The fourth-order valence-electron chi connectivity index (χ4n) is 2.05. The lowest BCUT2D eigenvalue weighted by Gasteiger charge is -2.10. The summed E-state index contributed by atoms with van der Waals surface area (Å²) in [5.41, 5.74) is 7.34. The number of nitrogens with one attached hydrogen (secondary N) is 1. The molecular weight excluding hydrogens is 256 g/mol. The second-order valence-corrected chi connectivity index (χ2v) is 5.17. The Balaban J connectivity index is 1.78. The number of esters is 1. The number of benzene rings is 1. The van der Waals surface area contributed by atoms with Gasteiger partial charge >= 0.3 is 5.97 Å².